The van der Waals surface area contributed by atoms with Crippen molar-refractivity contribution < 1.29 is 9.47 Å². The Morgan fingerprint density at radius 2 is 1.62 bits per heavy atom. The number of benzene rings is 2. The molecular formula is C16H17Br2NO2. The molecule has 2 aromatic carbocycles. The van der Waals surface area contributed by atoms with E-state index in [9.17, 15) is 0 Å². The minimum Gasteiger partial charge on any atom is -0.496 e. The number of hydrogen-bond acceptors (Lipinski definition) is 3. The first kappa shape index (κ1) is 16.3. The molecule has 1 atom stereocenters. The third kappa shape index (κ3) is 3.42. The van der Waals surface area contributed by atoms with Crippen LogP contribution in [0.4, 0.5) is 0 Å². The quantitative estimate of drug-likeness (QED) is 0.795. The normalized spacial score (nSPS) is 12.1. The van der Waals surface area contributed by atoms with E-state index in [1.807, 2.05) is 37.3 Å². The Hall–Kier alpha value is -1.04. The summed E-state index contributed by atoms with van der Waals surface area (Å²) >= 11 is 6.95. The largest absolute Gasteiger partial charge is 0.496 e. The van der Waals surface area contributed by atoms with Crippen molar-refractivity contribution in [2.24, 2.45) is 5.73 Å². The lowest BCUT2D eigenvalue weighted by Gasteiger charge is -2.20. The molecule has 2 N–H and O–H groups in total. The van der Waals surface area contributed by atoms with Crippen LogP contribution in [-0.2, 0) is 0 Å². The standard InChI is InChI=1S/C16H17Br2NO2/c1-9-4-5-10(17)6-11(9)16(19)12-7-15(21-3)13(18)8-14(12)20-2/h4-8,16H,19H2,1-3H3. The fourth-order valence-corrected chi connectivity index (χ4v) is 3.10. The molecule has 3 nitrogen and oxygen atoms in total. The highest BCUT2D eigenvalue weighted by Crippen LogP contribution is 2.38. The van der Waals surface area contributed by atoms with E-state index in [1.54, 1.807) is 14.2 Å². The van der Waals surface area contributed by atoms with E-state index in [2.05, 4.69) is 31.9 Å². The van der Waals surface area contributed by atoms with Crippen molar-refractivity contribution in [3.8, 4) is 11.5 Å². The van der Waals surface area contributed by atoms with E-state index < -0.39 is 0 Å². The van der Waals surface area contributed by atoms with Crippen molar-refractivity contribution in [3.05, 3.63) is 56.0 Å². The molecule has 0 aliphatic rings. The molecule has 0 aromatic heterocycles. The highest BCUT2D eigenvalue weighted by molar-refractivity contribution is 9.10. The Morgan fingerprint density at radius 3 is 2.24 bits per heavy atom. The molecule has 0 heterocycles. The first-order valence-corrected chi connectivity index (χ1v) is 7.99. The van der Waals surface area contributed by atoms with Crippen molar-refractivity contribution in [2.45, 2.75) is 13.0 Å². The molecular weight excluding hydrogens is 398 g/mol. The summed E-state index contributed by atoms with van der Waals surface area (Å²) in [5, 5.41) is 0. The van der Waals surface area contributed by atoms with Crippen LogP contribution in [0.1, 0.15) is 22.7 Å². The summed E-state index contributed by atoms with van der Waals surface area (Å²) in [4.78, 5) is 0. The Bertz CT molecular complexity index is 659. The predicted molar refractivity (Wildman–Crippen MR) is 92.2 cm³/mol. The van der Waals surface area contributed by atoms with Crippen molar-refractivity contribution in [1.29, 1.82) is 0 Å². The number of hydrogen-bond donors (Lipinski definition) is 1. The molecule has 21 heavy (non-hydrogen) atoms. The second-order valence-corrected chi connectivity index (χ2v) is 6.48. The SMILES string of the molecule is COc1cc(C(N)c2cc(Br)ccc2C)c(OC)cc1Br. The minimum absolute atomic E-state index is 0.292. The van der Waals surface area contributed by atoms with Gasteiger partial charge in [-0.05, 0) is 58.2 Å². The highest BCUT2D eigenvalue weighted by Gasteiger charge is 2.19. The summed E-state index contributed by atoms with van der Waals surface area (Å²) < 4.78 is 12.7. The molecule has 0 bridgehead atoms. The van der Waals surface area contributed by atoms with Crippen LogP contribution in [0.3, 0.4) is 0 Å². The van der Waals surface area contributed by atoms with Crippen molar-refractivity contribution in [2.75, 3.05) is 14.2 Å². The molecule has 0 saturated carbocycles. The zero-order valence-corrected chi connectivity index (χ0v) is 15.3. The van der Waals surface area contributed by atoms with Crippen LogP contribution < -0.4 is 15.2 Å². The second kappa shape index (κ2) is 6.81. The predicted octanol–water partition coefficient (Wildman–Crippen LogP) is 4.59. The number of ether oxygens (including phenoxy) is 2. The van der Waals surface area contributed by atoms with Gasteiger partial charge in [-0.1, -0.05) is 22.0 Å². The van der Waals surface area contributed by atoms with E-state index in [0.717, 1.165) is 37.1 Å². The molecule has 0 fully saturated rings. The number of nitrogens with two attached hydrogens (primary N) is 1. The van der Waals surface area contributed by atoms with Gasteiger partial charge in [-0.25, -0.2) is 0 Å². The zero-order chi connectivity index (χ0) is 15.6. The summed E-state index contributed by atoms with van der Waals surface area (Å²) in [6.07, 6.45) is 0. The average molecular weight is 415 g/mol. The number of methoxy groups -OCH3 is 2. The average Bonchev–Trinajstić information content (AvgIpc) is 2.48. The maximum atomic E-state index is 6.46. The highest BCUT2D eigenvalue weighted by atomic mass is 79.9. The lowest BCUT2D eigenvalue weighted by atomic mass is 9.95. The van der Waals surface area contributed by atoms with Crippen LogP contribution in [0.25, 0.3) is 0 Å². The van der Waals surface area contributed by atoms with Crippen molar-refractivity contribution in [1.82, 2.24) is 0 Å². The third-order valence-electron chi connectivity index (χ3n) is 3.42. The molecule has 2 rings (SSSR count). The Morgan fingerprint density at radius 1 is 0.952 bits per heavy atom. The topological polar surface area (TPSA) is 44.5 Å². The zero-order valence-electron chi connectivity index (χ0n) is 12.1. The van der Waals surface area contributed by atoms with Crippen molar-refractivity contribution in [3.63, 3.8) is 0 Å². The third-order valence-corrected chi connectivity index (χ3v) is 4.53. The number of halogens is 2. The second-order valence-electron chi connectivity index (χ2n) is 4.71. The van der Waals surface area contributed by atoms with Gasteiger partial charge in [0, 0.05) is 10.0 Å². The van der Waals surface area contributed by atoms with Gasteiger partial charge in [0.25, 0.3) is 0 Å². The molecule has 0 aliphatic heterocycles. The van der Waals surface area contributed by atoms with Gasteiger partial charge in [-0.2, -0.15) is 0 Å². The maximum absolute atomic E-state index is 6.46. The minimum atomic E-state index is -0.292. The van der Waals surface area contributed by atoms with Crippen molar-refractivity contribution >= 4 is 31.9 Å². The molecule has 0 aliphatic carbocycles. The van der Waals surface area contributed by atoms with Crippen LogP contribution in [0.15, 0.2) is 39.3 Å². The fraction of sp³-hybridized carbons (Fsp3) is 0.250. The molecule has 0 amide bonds. The summed E-state index contributed by atoms with van der Waals surface area (Å²) in [6, 6.07) is 9.58. The van der Waals surface area contributed by atoms with E-state index in [0.29, 0.717) is 0 Å². The van der Waals surface area contributed by atoms with Crippen LogP contribution in [0.2, 0.25) is 0 Å². The van der Waals surface area contributed by atoms with Gasteiger partial charge in [0.05, 0.1) is 24.7 Å². The van der Waals surface area contributed by atoms with E-state index in [1.165, 1.54) is 0 Å². The van der Waals surface area contributed by atoms with Gasteiger partial charge < -0.3 is 15.2 Å². The van der Waals surface area contributed by atoms with Gasteiger partial charge in [0.15, 0.2) is 0 Å². The van der Waals surface area contributed by atoms with Gasteiger partial charge in [0.1, 0.15) is 11.5 Å². The fourth-order valence-electron chi connectivity index (χ4n) is 2.24. The van der Waals surface area contributed by atoms with Crippen LogP contribution in [0, 0.1) is 6.92 Å². The Kier molecular flexibility index (Phi) is 5.30. The summed E-state index contributed by atoms with van der Waals surface area (Å²) in [6.45, 7) is 2.05. The van der Waals surface area contributed by atoms with E-state index in [4.69, 9.17) is 15.2 Å². The molecule has 1 unspecified atom stereocenters. The van der Waals surface area contributed by atoms with Crippen LogP contribution >= 0.6 is 31.9 Å². The number of aryl methyl sites for hydroxylation is 1. The lowest BCUT2D eigenvalue weighted by molar-refractivity contribution is 0.395. The molecule has 2 aromatic rings. The molecule has 5 heteroatoms. The summed E-state index contributed by atoms with van der Waals surface area (Å²) in [5.74, 6) is 1.46. The number of rotatable bonds is 4. The summed E-state index contributed by atoms with van der Waals surface area (Å²) in [5.41, 5.74) is 9.53. The van der Waals surface area contributed by atoms with Gasteiger partial charge in [0.2, 0.25) is 0 Å². The molecule has 0 spiro atoms. The smallest absolute Gasteiger partial charge is 0.133 e. The first-order valence-electron chi connectivity index (χ1n) is 6.41. The van der Waals surface area contributed by atoms with Crippen LogP contribution in [-0.4, -0.2) is 14.2 Å². The van der Waals surface area contributed by atoms with E-state index >= 15 is 0 Å². The van der Waals surface area contributed by atoms with Gasteiger partial charge in [-0.15, -0.1) is 0 Å². The van der Waals surface area contributed by atoms with Gasteiger partial charge >= 0.3 is 0 Å². The Labute approximate surface area is 141 Å². The maximum Gasteiger partial charge on any atom is 0.133 e. The van der Waals surface area contributed by atoms with E-state index in [-0.39, 0.29) is 6.04 Å². The Balaban J connectivity index is 2.56. The lowest BCUT2D eigenvalue weighted by Crippen LogP contribution is -2.14. The summed E-state index contributed by atoms with van der Waals surface area (Å²) in [7, 11) is 3.27. The van der Waals surface area contributed by atoms with Crippen LogP contribution in [0.5, 0.6) is 11.5 Å². The first-order chi connectivity index (χ1) is 9.97. The molecule has 0 radical (unpaired) electrons. The van der Waals surface area contributed by atoms with Gasteiger partial charge in [-0.3, -0.25) is 0 Å². The molecule has 112 valence electrons. The molecule has 0 saturated heterocycles. The monoisotopic (exact) mass is 413 g/mol.